The summed E-state index contributed by atoms with van der Waals surface area (Å²) in [5.74, 6) is 1.82. The molecule has 0 unspecified atom stereocenters. The summed E-state index contributed by atoms with van der Waals surface area (Å²) in [5, 5.41) is 11.1. The number of thioether (sulfide) groups is 1. The van der Waals surface area contributed by atoms with E-state index in [1.807, 2.05) is 18.0 Å². The number of rotatable bonds is 5. The van der Waals surface area contributed by atoms with Gasteiger partial charge in [0.15, 0.2) is 0 Å². The van der Waals surface area contributed by atoms with Crippen molar-refractivity contribution < 1.29 is 0 Å². The molecule has 1 aliphatic carbocycles. The van der Waals surface area contributed by atoms with E-state index in [0.717, 1.165) is 18.1 Å². The molecule has 4 rings (SSSR count). The van der Waals surface area contributed by atoms with Crippen LogP contribution in [0.4, 0.5) is 0 Å². The van der Waals surface area contributed by atoms with Gasteiger partial charge < -0.3 is 0 Å². The summed E-state index contributed by atoms with van der Waals surface area (Å²) in [4.78, 5) is 1.30. The minimum atomic E-state index is 0.821. The second-order valence-electron chi connectivity index (χ2n) is 6.32. The van der Waals surface area contributed by atoms with E-state index < -0.39 is 0 Å². The predicted molar refractivity (Wildman–Crippen MR) is 96.6 cm³/mol. The quantitative estimate of drug-likeness (QED) is 0.599. The van der Waals surface area contributed by atoms with E-state index in [0.29, 0.717) is 0 Å². The Balaban J connectivity index is 1.53. The average molecular weight is 320 g/mol. The Morgan fingerprint density at radius 1 is 1.04 bits per heavy atom. The molecular formula is C20H20N2S. The molecule has 1 heterocycles. The van der Waals surface area contributed by atoms with Gasteiger partial charge in [0, 0.05) is 21.4 Å². The van der Waals surface area contributed by atoms with Crippen LogP contribution in [0.1, 0.15) is 30.5 Å². The normalized spacial score (nSPS) is 14.8. The van der Waals surface area contributed by atoms with Gasteiger partial charge in [-0.3, -0.25) is 0 Å². The zero-order chi connectivity index (χ0) is 15.5. The summed E-state index contributed by atoms with van der Waals surface area (Å²) >= 11 is 1.88. The predicted octanol–water partition coefficient (Wildman–Crippen LogP) is 5.26. The fourth-order valence-corrected chi connectivity index (χ4v) is 3.98. The Morgan fingerprint density at radius 3 is 2.70 bits per heavy atom. The van der Waals surface area contributed by atoms with E-state index in [-0.39, 0.29) is 0 Å². The third-order valence-corrected chi connectivity index (χ3v) is 5.73. The van der Waals surface area contributed by atoms with Gasteiger partial charge in [0.1, 0.15) is 0 Å². The summed E-state index contributed by atoms with van der Waals surface area (Å²) in [6.45, 7) is 0. The molecule has 0 amide bonds. The van der Waals surface area contributed by atoms with Gasteiger partial charge in [-0.15, -0.1) is 11.8 Å². The highest BCUT2D eigenvalue weighted by molar-refractivity contribution is 7.98. The zero-order valence-corrected chi connectivity index (χ0v) is 13.9. The summed E-state index contributed by atoms with van der Waals surface area (Å²) in [6, 6.07) is 17.3. The average Bonchev–Trinajstić information content (AvgIpc) is 2.57. The first kappa shape index (κ1) is 14.7. The third-order valence-electron chi connectivity index (χ3n) is 4.66. The molecule has 0 spiro atoms. The van der Waals surface area contributed by atoms with Crippen LogP contribution in [0.5, 0.6) is 0 Å². The van der Waals surface area contributed by atoms with Gasteiger partial charge in [0.05, 0.1) is 11.9 Å². The summed E-state index contributed by atoms with van der Waals surface area (Å²) in [6.07, 6.45) is 7.06. The van der Waals surface area contributed by atoms with Gasteiger partial charge in [0.25, 0.3) is 0 Å². The van der Waals surface area contributed by atoms with Crippen molar-refractivity contribution in [2.45, 2.75) is 36.3 Å². The van der Waals surface area contributed by atoms with Crippen LogP contribution in [0.25, 0.3) is 10.8 Å². The Bertz CT molecular complexity index is 797. The van der Waals surface area contributed by atoms with Gasteiger partial charge in [-0.05, 0) is 30.0 Å². The van der Waals surface area contributed by atoms with Crippen molar-refractivity contribution in [2.24, 2.45) is 5.92 Å². The third kappa shape index (κ3) is 3.40. The first-order valence-corrected chi connectivity index (χ1v) is 9.28. The van der Waals surface area contributed by atoms with Crippen LogP contribution in [0, 0.1) is 5.92 Å². The van der Waals surface area contributed by atoms with E-state index in [1.54, 1.807) is 0 Å². The molecule has 0 saturated heterocycles. The molecule has 2 nitrogen and oxygen atoms in total. The maximum Gasteiger partial charge on any atom is 0.0712 e. The van der Waals surface area contributed by atoms with Gasteiger partial charge in [0.2, 0.25) is 0 Å². The van der Waals surface area contributed by atoms with Gasteiger partial charge >= 0.3 is 0 Å². The number of aromatic nitrogens is 2. The van der Waals surface area contributed by atoms with Crippen LogP contribution in [0.2, 0.25) is 0 Å². The standard InChI is InChI=1S/C20H20N2S/c1-2-5-16(6-3-1)14-23-18-9-10-19-17(12-18)13-21-22-20(19)11-15-7-4-8-15/h1-3,5-6,9-10,12-13,15H,4,7-8,11,14H2. The van der Waals surface area contributed by atoms with Crippen LogP contribution < -0.4 is 0 Å². The van der Waals surface area contributed by atoms with Crippen molar-refractivity contribution >= 4 is 22.5 Å². The molecule has 23 heavy (non-hydrogen) atoms. The van der Waals surface area contributed by atoms with Crippen LogP contribution in [-0.4, -0.2) is 10.2 Å². The molecule has 116 valence electrons. The van der Waals surface area contributed by atoms with Crippen LogP contribution >= 0.6 is 11.8 Å². The molecule has 0 bridgehead atoms. The van der Waals surface area contributed by atoms with Crippen molar-refractivity contribution in [3.05, 3.63) is 66.0 Å². The first-order valence-electron chi connectivity index (χ1n) is 8.29. The topological polar surface area (TPSA) is 25.8 Å². The number of fused-ring (bicyclic) bond motifs is 1. The fourth-order valence-electron chi connectivity index (χ4n) is 3.08. The minimum Gasteiger partial charge on any atom is -0.158 e. The van der Waals surface area contributed by atoms with Crippen molar-refractivity contribution in [2.75, 3.05) is 0 Å². The number of nitrogens with zero attached hydrogens (tertiary/aromatic N) is 2. The highest BCUT2D eigenvalue weighted by Crippen LogP contribution is 2.32. The molecule has 1 aromatic heterocycles. The molecular weight excluding hydrogens is 300 g/mol. The SMILES string of the molecule is c1ccc(CSc2ccc3c(CC4CCC4)nncc3c2)cc1. The second-order valence-corrected chi connectivity index (χ2v) is 7.36. The number of hydrogen-bond acceptors (Lipinski definition) is 3. The van der Waals surface area contributed by atoms with E-state index in [1.165, 1.54) is 46.2 Å². The summed E-state index contributed by atoms with van der Waals surface area (Å²) in [5.41, 5.74) is 2.53. The van der Waals surface area contributed by atoms with Crippen molar-refractivity contribution in [3.8, 4) is 0 Å². The molecule has 0 radical (unpaired) electrons. The Kier molecular flexibility index (Phi) is 4.29. The number of benzene rings is 2. The second kappa shape index (κ2) is 6.71. The maximum atomic E-state index is 4.40. The number of hydrogen-bond donors (Lipinski definition) is 0. The van der Waals surface area contributed by atoms with E-state index in [4.69, 9.17) is 0 Å². The van der Waals surface area contributed by atoms with E-state index in [9.17, 15) is 0 Å². The molecule has 0 N–H and O–H groups in total. The highest BCUT2D eigenvalue weighted by atomic mass is 32.2. The fraction of sp³-hybridized carbons (Fsp3) is 0.300. The lowest BCUT2D eigenvalue weighted by Gasteiger charge is -2.25. The molecule has 1 fully saturated rings. The zero-order valence-electron chi connectivity index (χ0n) is 13.1. The molecule has 0 aliphatic heterocycles. The van der Waals surface area contributed by atoms with Crippen molar-refractivity contribution in [1.82, 2.24) is 10.2 Å². The Hall–Kier alpha value is -1.87. The summed E-state index contributed by atoms with van der Waals surface area (Å²) in [7, 11) is 0. The molecule has 2 aromatic carbocycles. The molecule has 1 aliphatic rings. The lowest BCUT2D eigenvalue weighted by atomic mass is 9.81. The van der Waals surface area contributed by atoms with E-state index >= 15 is 0 Å². The maximum absolute atomic E-state index is 4.40. The molecule has 3 aromatic rings. The lowest BCUT2D eigenvalue weighted by molar-refractivity contribution is 0.312. The lowest BCUT2D eigenvalue weighted by Crippen LogP contribution is -2.15. The van der Waals surface area contributed by atoms with E-state index in [2.05, 4.69) is 58.7 Å². The Labute approximate surface area is 141 Å². The largest absolute Gasteiger partial charge is 0.158 e. The monoisotopic (exact) mass is 320 g/mol. The van der Waals surface area contributed by atoms with Crippen LogP contribution in [0.3, 0.4) is 0 Å². The van der Waals surface area contributed by atoms with Crippen LogP contribution in [-0.2, 0) is 12.2 Å². The van der Waals surface area contributed by atoms with Gasteiger partial charge in [-0.25, -0.2) is 0 Å². The first-order chi connectivity index (χ1) is 11.4. The van der Waals surface area contributed by atoms with Crippen molar-refractivity contribution in [1.29, 1.82) is 0 Å². The smallest absolute Gasteiger partial charge is 0.0712 e. The van der Waals surface area contributed by atoms with Crippen molar-refractivity contribution in [3.63, 3.8) is 0 Å². The minimum absolute atomic E-state index is 0.821. The molecule has 1 saturated carbocycles. The van der Waals surface area contributed by atoms with Gasteiger partial charge in [-0.2, -0.15) is 10.2 Å². The Morgan fingerprint density at radius 2 is 1.91 bits per heavy atom. The molecule has 0 atom stereocenters. The van der Waals surface area contributed by atoms with Crippen LogP contribution in [0.15, 0.2) is 59.6 Å². The molecule has 3 heteroatoms. The highest BCUT2D eigenvalue weighted by Gasteiger charge is 2.19. The summed E-state index contributed by atoms with van der Waals surface area (Å²) < 4.78 is 0. The van der Waals surface area contributed by atoms with Gasteiger partial charge in [-0.1, -0.05) is 55.7 Å².